The summed E-state index contributed by atoms with van der Waals surface area (Å²) in [6.45, 7) is 6.18. The Balaban J connectivity index is 2.45. The largest absolute Gasteiger partial charge is 0.480 e. The molecule has 1 aromatic rings. The molecule has 0 radical (unpaired) electrons. The topological polar surface area (TPSA) is 49.3 Å². The molecule has 1 aliphatic carbocycles. The molecule has 3 nitrogen and oxygen atoms in total. The highest BCUT2D eigenvalue weighted by Crippen LogP contribution is 2.38. The van der Waals surface area contributed by atoms with E-state index in [-0.39, 0.29) is 5.54 Å². The van der Waals surface area contributed by atoms with Crippen LogP contribution in [0.1, 0.15) is 44.7 Å². The van der Waals surface area contributed by atoms with Gasteiger partial charge in [0, 0.05) is 5.54 Å². The molecule has 0 fully saturated rings. The third kappa shape index (κ3) is 2.03. The maximum atomic E-state index is 11.8. The Hall–Kier alpha value is -1.35. The highest BCUT2D eigenvalue weighted by atomic mass is 16.4. The van der Waals surface area contributed by atoms with Crippen molar-refractivity contribution in [1.82, 2.24) is 5.32 Å². The van der Waals surface area contributed by atoms with E-state index in [4.69, 9.17) is 0 Å². The number of aryl methyl sites for hydroxylation is 1. The van der Waals surface area contributed by atoms with Crippen molar-refractivity contribution in [2.45, 2.75) is 51.1 Å². The lowest BCUT2D eigenvalue weighted by atomic mass is 9.87. The first kappa shape index (κ1) is 13.1. The molecular formula is C15H21NO2. The van der Waals surface area contributed by atoms with Crippen molar-refractivity contribution in [3.63, 3.8) is 0 Å². The summed E-state index contributed by atoms with van der Waals surface area (Å²) in [7, 11) is 0. The molecule has 1 aromatic carbocycles. The van der Waals surface area contributed by atoms with Crippen molar-refractivity contribution in [2.75, 3.05) is 0 Å². The molecule has 2 rings (SSSR count). The van der Waals surface area contributed by atoms with E-state index in [1.165, 1.54) is 0 Å². The van der Waals surface area contributed by atoms with E-state index < -0.39 is 11.5 Å². The zero-order chi connectivity index (χ0) is 13.4. The molecule has 1 aliphatic rings. The monoisotopic (exact) mass is 247 g/mol. The summed E-state index contributed by atoms with van der Waals surface area (Å²) in [5.41, 5.74) is 0.977. The third-order valence-corrected chi connectivity index (χ3v) is 4.05. The second-order valence-electron chi connectivity index (χ2n) is 5.73. The molecule has 0 heterocycles. The van der Waals surface area contributed by atoms with Gasteiger partial charge in [-0.25, -0.2) is 4.79 Å². The van der Waals surface area contributed by atoms with Crippen molar-refractivity contribution >= 4 is 5.97 Å². The fraction of sp³-hybridized carbons (Fsp3) is 0.533. The second kappa shape index (κ2) is 4.39. The predicted octanol–water partition coefficient (Wildman–Crippen LogP) is 2.69. The zero-order valence-corrected chi connectivity index (χ0v) is 11.3. The van der Waals surface area contributed by atoms with Gasteiger partial charge in [0.15, 0.2) is 0 Å². The molecule has 0 aromatic heterocycles. The van der Waals surface area contributed by atoms with Crippen LogP contribution in [0.15, 0.2) is 24.3 Å². The summed E-state index contributed by atoms with van der Waals surface area (Å²) in [6.07, 6.45) is 2.35. The van der Waals surface area contributed by atoms with E-state index in [0.29, 0.717) is 6.42 Å². The van der Waals surface area contributed by atoms with Crippen LogP contribution in [0.5, 0.6) is 0 Å². The number of rotatable bonds is 4. The first-order valence-electron chi connectivity index (χ1n) is 6.52. The van der Waals surface area contributed by atoms with Gasteiger partial charge in [-0.15, -0.1) is 0 Å². The summed E-state index contributed by atoms with van der Waals surface area (Å²) in [5.74, 6) is -0.769. The second-order valence-corrected chi connectivity index (χ2v) is 5.73. The minimum absolute atomic E-state index is 0.185. The van der Waals surface area contributed by atoms with Gasteiger partial charge in [-0.05, 0) is 44.2 Å². The molecule has 0 saturated heterocycles. The Bertz CT molecular complexity index is 467. The molecule has 1 atom stereocenters. The Morgan fingerprint density at radius 3 is 2.72 bits per heavy atom. The van der Waals surface area contributed by atoms with Crippen LogP contribution in [-0.2, 0) is 16.8 Å². The quantitative estimate of drug-likeness (QED) is 0.860. The highest BCUT2D eigenvalue weighted by Gasteiger charge is 2.47. The van der Waals surface area contributed by atoms with Crippen LogP contribution in [-0.4, -0.2) is 16.6 Å². The van der Waals surface area contributed by atoms with Gasteiger partial charge >= 0.3 is 5.97 Å². The Morgan fingerprint density at radius 1 is 1.44 bits per heavy atom. The number of carboxylic acid groups (broad SMARTS) is 1. The molecular weight excluding hydrogens is 226 g/mol. The van der Waals surface area contributed by atoms with Crippen molar-refractivity contribution in [3.8, 4) is 0 Å². The average Bonchev–Trinajstić information content (AvgIpc) is 2.70. The summed E-state index contributed by atoms with van der Waals surface area (Å²) in [6, 6.07) is 7.86. The van der Waals surface area contributed by atoms with Crippen molar-refractivity contribution in [2.24, 2.45) is 0 Å². The average molecular weight is 247 g/mol. The minimum atomic E-state index is -0.921. The van der Waals surface area contributed by atoms with Crippen LogP contribution < -0.4 is 5.32 Å². The Labute approximate surface area is 108 Å². The van der Waals surface area contributed by atoms with Gasteiger partial charge in [0.05, 0.1) is 0 Å². The van der Waals surface area contributed by atoms with Crippen LogP contribution in [0.2, 0.25) is 0 Å². The fourth-order valence-corrected chi connectivity index (χ4v) is 2.68. The number of hydrogen-bond donors (Lipinski definition) is 2. The molecule has 1 unspecified atom stereocenters. The van der Waals surface area contributed by atoms with Gasteiger partial charge in [0.1, 0.15) is 5.54 Å². The number of hydrogen-bond acceptors (Lipinski definition) is 2. The van der Waals surface area contributed by atoms with Crippen LogP contribution >= 0.6 is 0 Å². The minimum Gasteiger partial charge on any atom is -0.480 e. The zero-order valence-electron chi connectivity index (χ0n) is 11.3. The molecule has 0 amide bonds. The van der Waals surface area contributed by atoms with Crippen molar-refractivity contribution in [1.29, 1.82) is 0 Å². The van der Waals surface area contributed by atoms with E-state index >= 15 is 0 Å². The number of carboxylic acids is 1. The lowest BCUT2D eigenvalue weighted by Gasteiger charge is -2.36. The molecule has 0 spiro atoms. The van der Waals surface area contributed by atoms with Gasteiger partial charge in [0.2, 0.25) is 0 Å². The summed E-state index contributed by atoms with van der Waals surface area (Å²) in [4.78, 5) is 11.8. The van der Waals surface area contributed by atoms with Gasteiger partial charge in [-0.2, -0.15) is 0 Å². The van der Waals surface area contributed by atoms with Crippen molar-refractivity contribution in [3.05, 3.63) is 35.4 Å². The fourth-order valence-electron chi connectivity index (χ4n) is 2.68. The summed E-state index contributed by atoms with van der Waals surface area (Å²) in [5, 5.41) is 13.1. The van der Waals surface area contributed by atoms with Crippen molar-refractivity contribution < 1.29 is 9.90 Å². The third-order valence-electron chi connectivity index (χ3n) is 4.05. The maximum Gasteiger partial charge on any atom is 0.328 e. The van der Waals surface area contributed by atoms with E-state index in [0.717, 1.165) is 24.0 Å². The van der Waals surface area contributed by atoms with Crippen LogP contribution in [0.4, 0.5) is 0 Å². The van der Waals surface area contributed by atoms with Crippen LogP contribution in [0, 0.1) is 0 Å². The number of benzene rings is 1. The Kier molecular flexibility index (Phi) is 3.20. The first-order valence-corrected chi connectivity index (χ1v) is 6.52. The normalized spacial score (nSPS) is 22.8. The van der Waals surface area contributed by atoms with Gasteiger partial charge in [-0.1, -0.05) is 31.2 Å². The lowest BCUT2D eigenvalue weighted by molar-refractivity contribution is -0.146. The Morgan fingerprint density at radius 2 is 2.11 bits per heavy atom. The van der Waals surface area contributed by atoms with Gasteiger partial charge in [0.25, 0.3) is 0 Å². The van der Waals surface area contributed by atoms with E-state index in [1.807, 2.05) is 24.3 Å². The highest BCUT2D eigenvalue weighted by molar-refractivity contribution is 5.82. The molecule has 0 saturated carbocycles. The number of fused-ring (bicyclic) bond motifs is 1. The van der Waals surface area contributed by atoms with E-state index in [9.17, 15) is 9.90 Å². The molecule has 2 N–H and O–H groups in total. The number of aliphatic carboxylic acids is 1. The SMILES string of the molecule is CCC(C)(C)NC1(C(=O)O)CCc2ccccc21. The van der Waals surface area contributed by atoms with Gasteiger partial charge in [-0.3, -0.25) is 5.32 Å². The van der Waals surface area contributed by atoms with Gasteiger partial charge < -0.3 is 5.11 Å². The lowest BCUT2D eigenvalue weighted by Crippen LogP contribution is -2.56. The van der Waals surface area contributed by atoms with Crippen LogP contribution in [0.3, 0.4) is 0 Å². The predicted molar refractivity (Wildman–Crippen MR) is 71.6 cm³/mol. The molecule has 0 aliphatic heterocycles. The van der Waals surface area contributed by atoms with E-state index in [1.54, 1.807) is 0 Å². The van der Waals surface area contributed by atoms with E-state index in [2.05, 4.69) is 26.1 Å². The maximum absolute atomic E-state index is 11.8. The molecule has 3 heteroatoms. The molecule has 0 bridgehead atoms. The number of nitrogens with one attached hydrogen (secondary N) is 1. The smallest absolute Gasteiger partial charge is 0.328 e. The molecule has 18 heavy (non-hydrogen) atoms. The standard InChI is InChI=1S/C15H21NO2/c1-4-14(2,3)16-15(13(17)18)10-9-11-7-5-6-8-12(11)15/h5-8,16H,4,9-10H2,1-3H3,(H,17,18). The molecule has 98 valence electrons. The van der Waals surface area contributed by atoms with Crippen LogP contribution in [0.25, 0.3) is 0 Å². The first-order chi connectivity index (χ1) is 8.41. The summed E-state index contributed by atoms with van der Waals surface area (Å²) >= 11 is 0. The number of carbonyl (C=O) groups is 1. The summed E-state index contributed by atoms with van der Waals surface area (Å²) < 4.78 is 0.